The molecule has 42 heavy (non-hydrogen) atoms. The molecule has 7 rings (SSSR count). The molecule has 0 bridgehead atoms. The van der Waals surface area contributed by atoms with Crippen molar-refractivity contribution in [3.8, 4) is 0 Å². The number of carbonyl (C=O) groups is 3. The van der Waals surface area contributed by atoms with Crippen LogP contribution in [0.25, 0.3) is 10.9 Å². The third-order valence-corrected chi connectivity index (χ3v) is 8.50. The second-order valence-corrected chi connectivity index (χ2v) is 11.1. The predicted molar refractivity (Wildman–Crippen MR) is 162 cm³/mol. The van der Waals surface area contributed by atoms with Crippen LogP contribution < -0.4 is 10.2 Å². The molecule has 2 N–H and O–H groups in total. The van der Waals surface area contributed by atoms with E-state index in [1.807, 2.05) is 80.6 Å². The molecule has 3 heterocycles. The zero-order valence-electron chi connectivity index (χ0n) is 23.4. The quantitative estimate of drug-likeness (QED) is 0.254. The summed E-state index contributed by atoms with van der Waals surface area (Å²) < 4.78 is 0. The van der Waals surface area contributed by atoms with E-state index in [0.29, 0.717) is 18.7 Å². The van der Waals surface area contributed by atoms with E-state index in [1.165, 1.54) is 4.90 Å². The van der Waals surface area contributed by atoms with Gasteiger partial charge in [-0.05, 0) is 54.3 Å². The van der Waals surface area contributed by atoms with Gasteiger partial charge in [-0.1, -0.05) is 84.4 Å². The van der Waals surface area contributed by atoms with E-state index in [1.54, 1.807) is 29.2 Å². The molecule has 2 aliphatic heterocycles. The largest absolute Gasteiger partial charge is 0.356 e. The third kappa shape index (κ3) is 4.08. The highest BCUT2D eigenvalue weighted by Crippen LogP contribution is 2.45. The number of H-pyrrole nitrogens is 1. The van der Waals surface area contributed by atoms with Gasteiger partial charge in [0.1, 0.15) is 12.1 Å². The van der Waals surface area contributed by atoms with Crippen molar-refractivity contribution in [1.82, 2.24) is 15.2 Å². The van der Waals surface area contributed by atoms with Crippen LogP contribution in [0.5, 0.6) is 0 Å². The summed E-state index contributed by atoms with van der Waals surface area (Å²) in [6.07, 6.45) is 0.393. The number of nitrogens with one attached hydrogen (secondary N) is 2. The van der Waals surface area contributed by atoms with Crippen molar-refractivity contribution < 1.29 is 14.4 Å². The van der Waals surface area contributed by atoms with E-state index in [-0.39, 0.29) is 17.4 Å². The number of aryl methyl sites for hydroxylation is 2. The maximum absolute atomic E-state index is 14.3. The van der Waals surface area contributed by atoms with E-state index >= 15 is 0 Å². The van der Waals surface area contributed by atoms with Gasteiger partial charge in [-0.25, -0.2) is 9.69 Å². The van der Waals surface area contributed by atoms with Gasteiger partial charge in [0.05, 0.1) is 11.3 Å². The molecular weight excluding hydrogens is 524 g/mol. The van der Waals surface area contributed by atoms with Gasteiger partial charge in [-0.2, -0.15) is 0 Å². The summed E-state index contributed by atoms with van der Waals surface area (Å²) in [5.41, 5.74) is 7.62. The van der Waals surface area contributed by atoms with Crippen LogP contribution in [0, 0.1) is 13.8 Å². The summed E-state index contributed by atoms with van der Waals surface area (Å²) in [6.45, 7) is 4.37. The Balaban J connectivity index is 1.28. The van der Waals surface area contributed by atoms with E-state index < -0.39 is 18.1 Å². The average Bonchev–Trinajstić information content (AvgIpc) is 3.50. The lowest BCUT2D eigenvalue weighted by Crippen LogP contribution is -2.44. The number of fused-ring (bicyclic) bond motifs is 4. The van der Waals surface area contributed by atoms with Crippen molar-refractivity contribution in [2.24, 2.45) is 0 Å². The van der Waals surface area contributed by atoms with Crippen LogP contribution in [0.4, 0.5) is 10.5 Å². The van der Waals surface area contributed by atoms with Crippen LogP contribution in [-0.4, -0.2) is 33.8 Å². The minimum Gasteiger partial charge on any atom is -0.356 e. The summed E-state index contributed by atoms with van der Waals surface area (Å²) in [5.74, 6) is -0.670. The first-order valence-corrected chi connectivity index (χ1v) is 14.2. The number of aromatic amines is 1. The monoisotopic (exact) mass is 554 g/mol. The van der Waals surface area contributed by atoms with Crippen LogP contribution in [0.2, 0.25) is 0 Å². The van der Waals surface area contributed by atoms with Gasteiger partial charge in [0.15, 0.2) is 0 Å². The maximum Gasteiger partial charge on any atom is 0.332 e. The van der Waals surface area contributed by atoms with Gasteiger partial charge < -0.3 is 10.3 Å². The van der Waals surface area contributed by atoms with E-state index in [0.717, 1.165) is 44.4 Å². The second-order valence-electron chi connectivity index (χ2n) is 11.1. The molecule has 1 fully saturated rings. The van der Waals surface area contributed by atoms with Crippen molar-refractivity contribution in [3.63, 3.8) is 0 Å². The number of benzene rings is 4. The molecule has 4 amide bonds. The Morgan fingerprint density at radius 3 is 2.40 bits per heavy atom. The van der Waals surface area contributed by atoms with Crippen molar-refractivity contribution >= 4 is 34.4 Å². The maximum atomic E-state index is 14.3. The number of nitrogens with zero attached hydrogens (tertiary/aromatic N) is 2. The lowest BCUT2D eigenvalue weighted by Gasteiger charge is -2.36. The molecular formula is C35H30N4O3. The Hall–Kier alpha value is -5.17. The highest BCUT2D eigenvalue weighted by molar-refractivity contribution is 6.24. The Bertz CT molecular complexity index is 1870. The second kappa shape index (κ2) is 10.0. The molecule has 1 unspecified atom stereocenters. The van der Waals surface area contributed by atoms with Crippen LogP contribution in [0.1, 0.15) is 49.9 Å². The molecule has 7 heteroatoms. The zero-order chi connectivity index (χ0) is 29.0. The first kappa shape index (κ1) is 25.8. The SMILES string of the molecule is Cc1ccc(CNC(=O)c2ccccc2N2C(=O)[C@@H]3Cc4c([nH]c5ccccc45)C(c4ccccc4C)N3C2=O)cc1. The first-order valence-electron chi connectivity index (χ1n) is 14.2. The third-order valence-electron chi connectivity index (χ3n) is 8.50. The van der Waals surface area contributed by atoms with E-state index in [4.69, 9.17) is 0 Å². The van der Waals surface area contributed by atoms with Crippen molar-refractivity contribution in [2.45, 2.75) is 38.9 Å². The summed E-state index contributed by atoms with van der Waals surface area (Å²) in [5, 5.41) is 4.01. The Labute approximate surface area is 243 Å². The Morgan fingerprint density at radius 1 is 0.881 bits per heavy atom. The number of urea groups is 1. The average molecular weight is 555 g/mol. The molecule has 2 aliphatic rings. The smallest absolute Gasteiger partial charge is 0.332 e. The van der Waals surface area contributed by atoms with Crippen molar-refractivity contribution in [2.75, 3.05) is 4.90 Å². The van der Waals surface area contributed by atoms with Crippen molar-refractivity contribution in [3.05, 3.63) is 136 Å². The number of amides is 4. The summed E-state index contributed by atoms with van der Waals surface area (Å²) in [6, 6.07) is 29.2. The highest BCUT2D eigenvalue weighted by atomic mass is 16.2. The van der Waals surface area contributed by atoms with Gasteiger partial charge in [-0.15, -0.1) is 0 Å². The minimum absolute atomic E-state index is 0.280. The molecule has 0 saturated carbocycles. The van der Waals surface area contributed by atoms with Crippen LogP contribution in [-0.2, 0) is 17.8 Å². The number of carbonyl (C=O) groups excluding carboxylic acids is 3. The number of aromatic nitrogens is 1. The number of para-hydroxylation sites is 2. The summed E-state index contributed by atoms with van der Waals surface area (Å²) in [7, 11) is 0. The lowest BCUT2D eigenvalue weighted by atomic mass is 9.87. The predicted octanol–water partition coefficient (Wildman–Crippen LogP) is 6.20. The number of hydrogen-bond donors (Lipinski definition) is 2. The fourth-order valence-electron chi connectivity index (χ4n) is 6.36. The molecule has 2 atom stereocenters. The highest BCUT2D eigenvalue weighted by Gasteiger charge is 2.53. The topological polar surface area (TPSA) is 85.5 Å². The molecule has 4 aromatic carbocycles. The van der Waals surface area contributed by atoms with Gasteiger partial charge in [0.2, 0.25) is 0 Å². The molecule has 1 aromatic heterocycles. The van der Waals surface area contributed by atoms with E-state index in [9.17, 15) is 14.4 Å². The molecule has 7 nitrogen and oxygen atoms in total. The van der Waals surface area contributed by atoms with Crippen LogP contribution in [0.15, 0.2) is 97.1 Å². The first-order chi connectivity index (χ1) is 20.4. The summed E-state index contributed by atoms with van der Waals surface area (Å²) >= 11 is 0. The molecule has 0 radical (unpaired) electrons. The van der Waals surface area contributed by atoms with Gasteiger partial charge >= 0.3 is 6.03 Å². The van der Waals surface area contributed by atoms with E-state index in [2.05, 4.69) is 16.4 Å². The normalized spacial score (nSPS) is 17.9. The molecule has 0 spiro atoms. The number of imide groups is 1. The zero-order valence-corrected chi connectivity index (χ0v) is 23.4. The number of hydrogen-bond acceptors (Lipinski definition) is 3. The van der Waals surface area contributed by atoms with Crippen molar-refractivity contribution in [1.29, 1.82) is 0 Å². The van der Waals surface area contributed by atoms with Gasteiger partial charge in [0.25, 0.3) is 11.8 Å². The standard InChI is InChI=1S/C35H30N4O3/c1-21-15-17-23(18-16-21)20-36-33(40)26-12-6-8-14-29(26)39-34(41)30-19-27-25-11-5-7-13-28(25)37-31(27)32(38(30)35(39)42)24-10-4-3-9-22(24)2/h3-18,30,32,37H,19-20H2,1-2H3,(H,36,40)/t30-,32?/m0/s1. The minimum atomic E-state index is -0.697. The fraction of sp³-hybridized carbons (Fsp3) is 0.171. The lowest BCUT2D eigenvalue weighted by molar-refractivity contribution is -0.120. The van der Waals surface area contributed by atoms with Gasteiger partial charge in [0, 0.05) is 29.6 Å². The number of rotatable bonds is 5. The summed E-state index contributed by atoms with van der Waals surface area (Å²) in [4.78, 5) is 48.4. The van der Waals surface area contributed by atoms with Gasteiger partial charge in [-0.3, -0.25) is 14.5 Å². The van der Waals surface area contributed by atoms with Crippen LogP contribution >= 0.6 is 0 Å². The van der Waals surface area contributed by atoms with Crippen LogP contribution in [0.3, 0.4) is 0 Å². The molecule has 208 valence electrons. The fourth-order valence-corrected chi connectivity index (χ4v) is 6.36. The molecule has 5 aromatic rings. The Kier molecular flexibility index (Phi) is 6.16. The number of anilines is 1. The molecule has 0 aliphatic carbocycles. The molecule has 1 saturated heterocycles. The Morgan fingerprint density at radius 2 is 1.60 bits per heavy atom.